The smallest absolute Gasteiger partial charge is 0.255 e. The van der Waals surface area contributed by atoms with E-state index in [0.717, 1.165) is 31.6 Å². The number of rotatable bonds is 5. The molecule has 0 radical (unpaired) electrons. The van der Waals surface area contributed by atoms with E-state index in [9.17, 15) is 9.18 Å². The van der Waals surface area contributed by atoms with Gasteiger partial charge in [0, 0.05) is 32.7 Å². The van der Waals surface area contributed by atoms with E-state index < -0.39 is 11.4 Å². The van der Waals surface area contributed by atoms with Crippen molar-refractivity contribution in [2.75, 3.05) is 32.8 Å². The number of benzene rings is 2. The first-order valence-electron chi connectivity index (χ1n) is 10.2. The van der Waals surface area contributed by atoms with Crippen LogP contribution in [0, 0.1) is 5.82 Å². The Hall–Kier alpha value is -1.95. The van der Waals surface area contributed by atoms with Crippen LogP contribution in [0.5, 0.6) is 0 Å². The van der Waals surface area contributed by atoms with Crippen molar-refractivity contribution in [3.8, 4) is 0 Å². The molecule has 154 valence electrons. The van der Waals surface area contributed by atoms with Crippen LogP contribution in [0.4, 0.5) is 4.39 Å². The number of hydrogen-bond acceptors (Lipinski definition) is 3. The van der Waals surface area contributed by atoms with Crippen molar-refractivity contribution in [2.45, 2.75) is 31.4 Å². The van der Waals surface area contributed by atoms with Crippen LogP contribution in [-0.4, -0.2) is 54.1 Å². The molecule has 0 unspecified atom stereocenters. The van der Waals surface area contributed by atoms with Crippen LogP contribution in [0.15, 0.2) is 48.5 Å². The highest BCUT2D eigenvalue weighted by molar-refractivity contribution is 6.30. The van der Waals surface area contributed by atoms with Crippen molar-refractivity contribution in [1.82, 2.24) is 9.80 Å². The summed E-state index contributed by atoms with van der Waals surface area (Å²) in [5.41, 5.74) is 1.53. The predicted molar refractivity (Wildman–Crippen MR) is 111 cm³/mol. The van der Waals surface area contributed by atoms with Crippen LogP contribution in [-0.2, 0) is 22.5 Å². The number of hydrogen-bond donors (Lipinski definition) is 0. The summed E-state index contributed by atoms with van der Waals surface area (Å²) in [7, 11) is 0. The summed E-state index contributed by atoms with van der Waals surface area (Å²) >= 11 is 5.89. The van der Waals surface area contributed by atoms with E-state index in [-0.39, 0.29) is 10.9 Å². The molecular formula is C23H26ClFN2O2. The Morgan fingerprint density at radius 1 is 1.03 bits per heavy atom. The van der Waals surface area contributed by atoms with Crippen LogP contribution in [0.2, 0.25) is 5.02 Å². The van der Waals surface area contributed by atoms with E-state index in [1.54, 1.807) is 12.1 Å². The third-order valence-electron chi connectivity index (χ3n) is 5.98. The maximum absolute atomic E-state index is 13.4. The van der Waals surface area contributed by atoms with Crippen LogP contribution < -0.4 is 0 Å². The predicted octanol–water partition coefficient (Wildman–Crippen LogP) is 3.92. The van der Waals surface area contributed by atoms with Gasteiger partial charge in [-0.15, -0.1) is 0 Å². The first-order chi connectivity index (χ1) is 14.1. The van der Waals surface area contributed by atoms with Gasteiger partial charge in [-0.25, -0.2) is 4.39 Å². The molecule has 0 saturated carbocycles. The molecule has 6 heteroatoms. The fourth-order valence-corrected chi connectivity index (χ4v) is 4.45. The second-order valence-corrected chi connectivity index (χ2v) is 8.30. The van der Waals surface area contributed by atoms with Gasteiger partial charge >= 0.3 is 0 Å². The second kappa shape index (κ2) is 8.82. The molecule has 0 bridgehead atoms. The Morgan fingerprint density at radius 2 is 1.79 bits per heavy atom. The molecule has 2 aromatic rings. The zero-order valence-electron chi connectivity index (χ0n) is 16.4. The number of halogens is 2. The Labute approximate surface area is 176 Å². The van der Waals surface area contributed by atoms with Crippen LogP contribution in [0.3, 0.4) is 0 Å². The Balaban J connectivity index is 1.34. The molecule has 2 saturated heterocycles. The number of amides is 1. The molecule has 0 aliphatic carbocycles. The van der Waals surface area contributed by atoms with Gasteiger partial charge in [0.05, 0.1) is 11.6 Å². The summed E-state index contributed by atoms with van der Waals surface area (Å²) in [5, 5.41) is 0.149. The van der Waals surface area contributed by atoms with Gasteiger partial charge in [-0.1, -0.05) is 48.0 Å². The lowest BCUT2D eigenvalue weighted by molar-refractivity contribution is -0.179. The van der Waals surface area contributed by atoms with E-state index in [2.05, 4.69) is 17.0 Å². The molecule has 2 heterocycles. The molecule has 0 atom stereocenters. The number of nitrogens with zero attached hydrogens (tertiary/aromatic N) is 2. The summed E-state index contributed by atoms with van der Waals surface area (Å²) in [4.78, 5) is 17.4. The average molecular weight is 417 g/mol. The van der Waals surface area contributed by atoms with Crippen LogP contribution >= 0.6 is 11.6 Å². The minimum Gasteiger partial charge on any atom is -0.363 e. The van der Waals surface area contributed by atoms with E-state index in [0.29, 0.717) is 32.5 Å². The number of likely N-dealkylation sites (tertiary alicyclic amines) is 1. The van der Waals surface area contributed by atoms with Crippen molar-refractivity contribution in [2.24, 2.45) is 0 Å². The molecule has 2 fully saturated rings. The largest absolute Gasteiger partial charge is 0.363 e. The Bertz CT molecular complexity index is 853. The maximum Gasteiger partial charge on any atom is 0.255 e. The standard InChI is InChI=1S/C23H26ClFN2O2/c24-20-16-19(6-7-21(20)25)17-26-12-9-23(10-13-26)22(28)27(14-15-29-23)11-8-18-4-2-1-3-5-18/h1-7,16H,8-15,17H2. The lowest BCUT2D eigenvalue weighted by atomic mass is 9.88. The quantitative estimate of drug-likeness (QED) is 0.740. The topological polar surface area (TPSA) is 32.8 Å². The minimum atomic E-state index is -0.689. The van der Waals surface area contributed by atoms with E-state index in [1.165, 1.54) is 11.6 Å². The number of carbonyl (C=O) groups is 1. The maximum atomic E-state index is 13.4. The number of morpholine rings is 1. The van der Waals surface area contributed by atoms with E-state index in [1.807, 2.05) is 23.1 Å². The summed E-state index contributed by atoms with van der Waals surface area (Å²) in [6.45, 7) is 4.22. The first-order valence-corrected chi connectivity index (χ1v) is 10.6. The first kappa shape index (κ1) is 20.3. The monoisotopic (exact) mass is 416 g/mol. The number of ether oxygens (including phenoxy) is 1. The minimum absolute atomic E-state index is 0.129. The van der Waals surface area contributed by atoms with Crippen LogP contribution in [0.25, 0.3) is 0 Å². The van der Waals surface area contributed by atoms with E-state index in [4.69, 9.17) is 16.3 Å². The number of carbonyl (C=O) groups excluding carboxylic acids is 1. The Morgan fingerprint density at radius 3 is 2.52 bits per heavy atom. The van der Waals surface area contributed by atoms with Crippen LogP contribution in [0.1, 0.15) is 24.0 Å². The van der Waals surface area contributed by atoms with Gasteiger partial charge in [0.25, 0.3) is 5.91 Å². The van der Waals surface area contributed by atoms with Gasteiger partial charge in [0.15, 0.2) is 0 Å². The van der Waals surface area contributed by atoms with Gasteiger partial charge in [-0.3, -0.25) is 9.69 Å². The molecule has 1 amide bonds. The van der Waals surface area contributed by atoms with Crippen molar-refractivity contribution in [3.05, 3.63) is 70.5 Å². The molecule has 2 aliphatic heterocycles. The molecule has 2 aliphatic rings. The van der Waals surface area contributed by atoms with E-state index >= 15 is 0 Å². The third kappa shape index (κ3) is 4.63. The molecular weight excluding hydrogens is 391 g/mol. The number of piperidine rings is 1. The van der Waals surface area contributed by atoms with Gasteiger partial charge in [0.2, 0.25) is 0 Å². The molecule has 4 rings (SSSR count). The lowest BCUT2D eigenvalue weighted by Crippen LogP contribution is -2.60. The van der Waals surface area contributed by atoms with Crippen molar-refractivity contribution in [1.29, 1.82) is 0 Å². The fourth-order valence-electron chi connectivity index (χ4n) is 4.25. The lowest BCUT2D eigenvalue weighted by Gasteiger charge is -2.46. The van der Waals surface area contributed by atoms with Gasteiger partial charge in [-0.2, -0.15) is 0 Å². The highest BCUT2D eigenvalue weighted by atomic mass is 35.5. The summed E-state index contributed by atoms with van der Waals surface area (Å²) in [5.74, 6) is -0.269. The molecule has 0 aromatic heterocycles. The van der Waals surface area contributed by atoms with Gasteiger partial charge in [0.1, 0.15) is 11.4 Å². The summed E-state index contributed by atoms with van der Waals surface area (Å²) in [6.07, 6.45) is 2.23. The molecule has 0 N–H and O–H groups in total. The fraction of sp³-hybridized carbons (Fsp3) is 0.435. The molecule has 29 heavy (non-hydrogen) atoms. The Kier molecular flexibility index (Phi) is 6.18. The third-order valence-corrected chi connectivity index (χ3v) is 6.27. The summed E-state index contributed by atoms with van der Waals surface area (Å²) < 4.78 is 19.4. The highest BCUT2D eigenvalue weighted by Crippen LogP contribution is 2.32. The van der Waals surface area contributed by atoms with Crippen molar-refractivity contribution < 1.29 is 13.9 Å². The van der Waals surface area contributed by atoms with Crippen molar-refractivity contribution >= 4 is 17.5 Å². The second-order valence-electron chi connectivity index (χ2n) is 7.90. The molecule has 4 nitrogen and oxygen atoms in total. The zero-order valence-corrected chi connectivity index (χ0v) is 17.2. The summed E-state index contributed by atoms with van der Waals surface area (Å²) in [6, 6.07) is 15.1. The van der Waals surface area contributed by atoms with Gasteiger partial charge in [-0.05, 0) is 42.5 Å². The average Bonchev–Trinajstić information content (AvgIpc) is 2.74. The molecule has 1 spiro atoms. The van der Waals surface area contributed by atoms with Gasteiger partial charge < -0.3 is 9.64 Å². The zero-order chi connectivity index (χ0) is 20.3. The highest BCUT2D eigenvalue weighted by Gasteiger charge is 2.46. The normalized spacial score (nSPS) is 19.7. The molecule has 2 aromatic carbocycles. The van der Waals surface area contributed by atoms with Crippen molar-refractivity contribution in [3.63, 3.8) is 0 Å². The SMILES string of the molecule is O=C1N(CCc2ccccc2)CCOC12CCN(Cc1ccc(F)c(Cl)c1)CC2.